The van der Waals surface area contributed by atoms with Crippen molar-refractivity contribution in [3.8, 4) is 0 Å². The molecule has 2 aromatic rings. The number of hydrogen-bond donors (Lipinski definition) is 0. The van der Waals surface area contributed by atoms with Gasteiger partial charge in [0.05, 0.1) is 5.69 Å². The SMILES string of the molecule is Cc1cc(C)c(C2C(=O)CC(CC3CCN(C(=O)c4c(C)noc4C)C3)C2=O)c(C)c1. The first-order chi connectivity index (χ1) is 14.7. The monoisotopic (exact) mass is 422 g/mol. The predicted molar refractivity (Wildman–Crippen MR) is 116 cm³/mol. The summed E-state index contributed by atoms with van der Waals surface area (Å²) in [7, 11) is 0. The maximum absolute atomic E-state index is 13.3. The van der Waals surface area contributed by atoms with Crippen LogP contribution in [0.1, 0.15) is 69.2 Å². The van der Waals surface area contributed by atoms with Crippen molar-refractivity contribution in [2.24, 2.45) is 11.8 Å². The van der Waals surface area contributed by atoms with E-state index in [2.05, 4.69) is 5.16 Å². The fourth-order valence-electron chi connectivity index (χ4n) is 5.56. The van der Waals surface area contributed by atoms with Crippen LogP contribution in [0, 0.1) is 46.5 Å². The van der Waals surface area contributed by atoms with Gasteiger partial charge >= 0.3 is 0 Å². The number of benzene rings is 1. The number of aromatic nitrogens is 1. The van der Waals surface area contributed by atoms with Gasteiger partial charge in [-0.2, -0.15) is 0 Å². The van der Waals surface area contributed by atoms with E-state index < -0.39 is 5.92 Å². The Kier molecular flexibility index (Phi) is 5.58. The maximum Gasteiger partial charge on any atom is 0.259 e. The highest BCUT2D eigenvalue weighted by Crippen LogP contribution is 2.40. The van der Waals surface area contributed by atoms with E-state index >= 15 is 0 Å². The van der Waals surface area contributed by atoms with Crippen LogP contribution in [0.5, 0.6) is 0 Å². The number of hydrogen-bond acceptors (Lipinski definition) is 5. The van der Waals surface area contributed by atoms with Gasteiger partial charge in [0.25, 0.3) is 5.91 Å². The molecule has 1 aliphatic heterocycles. The van der Waals surface area contributed by atoms with Gasteiger partial charge < -0.3 is 9.42 Å². The molecule has 0 spiro atoms. The van der Waals surface area contributed by atoms with E-state index in [0.29, 0.717) is 42.9 Å². The Bertz CT molecular complexity index is 1020. The van der Waals surface area contributed by atoms with Gasteiger partial charge in [-0.3, -0.25) is 14.4 Å². The molecule has 2 heterocycles. The van der Waals surface area contributed by atoms with Gasteiger partial charge in [-0.05, 0) is 70.1 Å². The number of rotatable bonds is 4. The summed E-state index contributed by atoms with van der Waals surface area (Å²) in [5.41, 5.74) is 5.21. The van der Waals surface area contributed by atoms with Crippen LogP contribution < -0.4 is 0 Å². The number of carbonyl (C=O) groups excluding carboxylic acids is 3. The molecule has 1 aromatic carbocycles. The van der Waals surface area contributed by atoms with Crippen LogP contribution in [0.3, 0.4) is 0 Å². The lowest BCUT2D eigenvalue weighted by atomic mass is 9.85. The van der Waals surface area contributed by atoms with Crippen LogP contribution in [0.15, 0.2) is 16.7 Å². The molecular weight excluding hydrogens is 392 g/mol. The maximum atomic E-state index is 13.3. The van der Waals surface area contributed by atoms with Gasteiger partial charge in [-0.15, -0.1) is 0 Å². The normalized spacial score (nSPS) is 23.8. The molecule has 1 saturated carbocycles. The van der Waals surface area contributed by atoms with Crippen molar-refractivity contribution in [2.75, 3.05) is 13.1 Å². The van der Waals surface area contributed by atoms with Crippen molar-refractivity contribution in [2.45, 2.75) is 59.8 Å². The van der Waals surface area contributed by atoms with Crippen molar-refractivity contribution in [3.63, 3.8) is 0 Å². The Labute approximate surface area is 183 Å². The molecule has 164 valence electrons. The van der Waals surface area contributed by atoms with Gasteiger partial charge in [-0.1, -0.05) is 22.9 Å². The van der Waals surface area contributed by atoms with Crippen LogP contribution in [-0.2, 0) is 9.59 Å². The largest absolute Gasteiger partial charge is 0.361 e. The van der Waals surface area contributed by atoms with Crippen LogP contribution >= 0.6 is 0 Å². The summed E-state index contributed by atoms with van der Waals surface area (Å²) in [5, 5.41) is 3.88. The molecule has 1 aliphatic carbocycles. The Hall–Kier alpha value is -2.76. The topological polar surface area (TPSA) is 80.5 Å². The molecule has 6 heteroatoms. The molecule has 1 aromatic heterocycles. The molecule has 0 radical (unpaired) electrons. The molecule has 3 atom stereocenters. The number of likely N-dealkylation sites (tertiary alicyclic amines) is 1. The second-order valence-corrected chi connectivity index (χ2v) is 9.36. The van der Waals surface area contributed by atoms with E-state index in [4.69, 9.17) is 4.52 Å². The lowest BCUT2D eigenvalue weighted by molar-refractivity contribution is -0.125. The van der Waals surface area contributed by atoms with Crippen LogP contribution in [0.4, 0.5) is 0 Å². The Morgan fingerprint density at radius 1 is 1.13 bits per heavy atom. The lowest BCUT2D eigenvalue weighted by Crippen LogP contribution is -2.30. The van der Waals surface area contributed by atoms with Crippen molar-refractivity contribution in [3.05, 3.63) is 51.4 Å². The standard InChI is InChI=1S/C25H30N2O4/c1-13-8-14(2)21(15(3)9-13)23-20(28)11-19(24(23)29)10-18-6-7-27(12-18)25(30)22-16(4)26-31-17(22)5/h8-9,18-19,23H,6-7,10-12H2,1-5H3. The van der Waals surface area contributed by atoms with Gasteiger partial charge in [0.2, 0.25) is 0 Å². The fourth-order valence-corrected chi connectivity index (χ4v) is 5.56. The zero-order valence-electron chi connectivity index (χ0n) is 18.9. The number of carbonyl (C=O) groups is 3. The Balaban J connectivity index is 1.45. The third kappa shape index (κ3) is 3.84. The van der Waals surface area contributed by atoms with E-state index in [9.17, 15) is 14.4 Å². The molecule has 1 amide bonds. The zero-order valence-corrected chi connectivity index (χ0v) is 18.9. The summed E-state index contributed by atoms with van der Waals surface area (Å²) in [6, 6.07) is 4.09. The minimum Gasteiger partial charge on any atom is -0.361 e. The van der Waals surface area contributed by atoms with Crippen molar-refractivity contribution in [1.29, 1.82) is 0 Å². The second kappa shape index (κ2) is 8.06. The van der Waals surface area contributed by atoms with Gasteiger partial charge in [0.15, 0.2) is 5.78 Å². The van der Waals surface area contributed by atoms with Gasteiger partial charge in [0.1, 0.15) is 23.0 Å². The molecule has 0 bridgehead atoms. The number of aryl methyl sites for hydroxylation is 5. The minimum absolute atomic E-state index is 0.0340. The summed E-state index contributed by atoms with van der Waals surface area (Å²) in [6.07, 6.45) is 1.82. The lowest BCUT2D eigenvalue weighted by Gasteiger charge is -2.19. The van der Waals surface area contributed by atoms with E-state index in [0.717, 1.165) is 28.7 Å². The first-order valence-corrected chi connectivity index (χ1v) is 11.0. The summed E-state index contributed by atoms with van der Waals surface area (Å²) >= 11 is 0. The van der Waals surface area contributed by atoms with Crippen LogP contribution in [0.2, 0.25) is 0 Å². The predicted octanol–water partition coefficient (Wildman–Crippen LogP) is 4.01. The third-order valence-electron chi connectivity index (χ3n) is 6.92. The van der Waals surface area contributed by atoms with Crippen molar-refractivity contribution >= 4 is 17.5 Å². The highest BCUT2D eigenvalue weighted by molar-refractivity contribution is 6.15. The number of amides is 1. The van der Waals surface area contributed by atoms with Crippen LogP contribution in [0.25, 0.3) is 0 Å². The average molecular weight is 423 g/mol. The number of ketones is 2. The highest BCUT2D eigenvalue weighted by Gasteiger charge is 2.44. The first-order valence-electron chi connectivity index (χ1n) is 11.0. The van der Waals surface area contributed by atoms with Crippen molar-refractivity contribution < 1.29 is 18.9 Å². The van der Waals surface area contributed by atoms with E-state index in [1.54, 1.807) is 13.8 Å². The zero-order chi connectivity index (χ0) is 22.4. The smallest absolute Gasteiger partial charge is 0.259 e. The van der Waals surface area contributed by atoms with E-state index in [1.807, 2.05) is 37.8 Å². The molecule has 31 heavy (non-hydrogen) atoms. The Morgan fingerprint density at radius 3 is 2.42 bits per heavy atom. The van der Waals surface area contributed by atoms with Crippen molar-refractivity contribution in [1.82, 2.24) is 10.1 Å². The Morgan fingerprint density at radius 2 is 1.81 bits per heavy atom. The molecule has 3 unspecified atom stereocenters. The fraction of sp³-hybridized carbons (Fsp3) is 0.520. The van der Waals surface area contributed by atoms with Gasteiger partial charge in [0, 0.05) is 25.4 Å². The summed E-state index contributed by atoms with van der Waals surface area (Å²) in [6.45, 7) is 10.8. The van der Waals surface area contributed by atoms with E-state index in [1.165, 1.54) is 0 Å². The molecule has 2 fully saturated rings. The highest BCUT2D eigenvalue weighted by atomic mass is 16.5. The second-order valence-electron chi connectivity index (χ2n) is 9.36. The molecular formula is C25H30N2O4. The minimum atomic E-state index is -0.632. The van der Waals surface area contributed by atoms with Crippen LogP contribution in [-0.4, -0.2) is 40.6 Å². The molecule has 6 nitrogen and oxygen atoms in total. The quantitative estimate of drug-likeness (QED) is 0.696. The van der Waals surface area contributed by atoms with Gasteiger partial charge in [-0.25, -0.2) is 0 Å². The number of Topliss-reactive ketones (excluding diaryl/α,β-unsaturated/α-hetero) is 2. The van der Waals surface area contributed by atoms with E-state index in [-0.39, 0.29) is 29.3 Å². The molecule has 1 saturated heterocycles. The molecule has 2 aliphatic rings. The molecule has 4 rings (SSSR count). The molecule has 0 N–H and O–H groups in total. The number of nitrogens with zero attached hydrogens (tertiary/aromatic N) is 2. The summed E-state index contributed by atoms with van der Waals surface area (Å²) < 4.78 is 5.14. The summed E-state index contributed by atoms with van der Waals surface area (Å²) in [5.74, 6) is -0.0956. The third-order valence-corrected chi connectivity index (χ3v) is 6.92. The first kappa shape index (κ1) is 21.5. The summed E-state index contributed by atoms with van der Waals surface area (Å²) in [4.78, 5) is 40.8. The average Bonchev–Trinajstić information content (AvgIpc) is 3.35.